The van der Waals surface area contributed by atoms with E-state index in [0.717, 1.165) is 6.07 Å². The van der Waals surface area contributed by atoms with Gasteiger partial charge in [0.25, 0.3) is 5.91 Å². The van der Waals surface area contributed by atoms with Crippen molar-refractivity contribution in [2.45, 2.75) is 6.61 Å². The Morgan fingerprint density at radius 3 is 2.91 bits per heavy atom. The van der Waals surface area contributed by atoms with Crippen LogP contribution in [0.25, 0.3) is 11.3 Å². The molecule has 1 amide bonds. The van der Waals surface area contributed by atoms with Crippen LogP contribution in [0.5, 0.6) is 0 Å². The Hall–Kier alpha value is -2.64. The predicted molar refractivity (Wildman–Crippen MR) is 85.6 cm³/mol. The van der Waals surface area contributed by atoms with E-state index in [0.29, 0.717) is 21.8 Å². The molecule has 2 aromatic heterocycles. The number of halogens is 1. The second-order valence-corrected chi connectivity index (χ2v) is 5.55. The molecule has 0 bridgehead atoms. The average molecular weight is 329 g/mol. The maximum atomic E-state index is 13.2. The minimum absolute atomic E-state index is 0.211. The van der Waals surface area contributed by atoms with Crippen LogP contribution in [0.2, 0.25) is 0 Å². The molecule has 0 spiro atoms. The van der Waals surface area contributed by atoms with Crippen molar-refractivity contribution in [3.63, 3.8) is 0 Å². The Balaban J connectivity index is 1.89. The van der Waals surface area contributed by atoms with E-state index in [1.54, 1.807) is 24.0 Å². The van der Waals surface area contributed by atoms with Crippen LogP contribution in [0.15, 0.2) is 48.2 Å². The molecule has 0 unspecified atom stereocenters. The Kier molecular flexibility index (Phi) is 4.40. The summed E-state index contributed by atoms with van der Waals surface area (Å²) in [6.07, 6.45) is 4.69. The van der Waals surface area contributed by atoms with Gasteiger partial charge in [0.05, 0.1) is 18.5 Å². The van der Waals surface area contributed by atoms with Crippen LogP contribution in [-0.2, 0) is 6.61 Å². The van der Waals surface area contributed by atoms with E-state index in [2.05, 4.69) is 15.3 Å². The molecule has 23 heavy (non-hydrogen) atoms. The van der Waals surface area contributed by atoms with Gasteiger partial charge < -0.3 is 10.4 Å². The molecule has 2 N–H and O–H groups in total. The molecule has 0 aliphatic carbocycles. The highest BCUT2D eigenvalue weighted by molar-refractivity contribution is 7.15. The van der Waals surface area contributed by atoms with Crippen LogP contribution in [-0.4, -0.2) is 21.0 Å². The van der Waals surface area contributed by atoms with Gasteiger partial charge in [-0.1, -0.05) is 6.07 Å². The van der Waals surface area contributed by atoms with Gasteiger partial charge in [-0.15, -0.1) is 11.3 Å². The molecule has 7 heteroatoms. The zero-order valence-corrected chi connectivity index (χ0v) is 12.7. The smallest absolute Gasteiger partial charge is 0.256 e. The first-order chi connectivity index (χ1) is 11.2. The molecular formula is C16H12FN3O2S. The number of carbonyl (C=O) groups excluding carboxylic acids is 1. The number of benzene rings is 1. The average Bonchev–Trinajstić information content (AvgIpc) is 2.98. The van der Waals surface area contributed by atoms with Gasteiger partial charge in [-0.05, 0) is 18.2 Å². The predicted octanol–water partition coefficient (Wildman–Crippen LogP) is 3.09. The number of thiophene rings is 1. The molecule has 0 atom stereocenters. The van der Waals surface area contributed by atoms with Gasteiger partial charge in [-0.2, -0.15) is 0 Å². The lowest BCUT2D eigenvalue weighted by atomic mass is 10.1. The third kappa shape index (κ3) is 3.25. The summed E-state index contributed by atoms with van der Waals surface area (Å²) in [6.45, 7) is -0.256. The fourth-order valence-electron chi connectivity index (χ4n) is 2.10. The third-order valence-corrected chi connectivity index (χ3v) is 4.14. The summed E-state index contributed by atoms with van der Waals surface area (Å²) in [7, 11) is 0. The Bertz CT molecular complexity index is 836. The van der Waals surface area contributed by atoms with Crippen molar-refractivity contribution < 1.29 is 14.3 Å². The van der Waals surface area contributed by atoms with E-state index in [-0.39, 0.29) is 12.2 Å². The lowest BCUT2D eigenvalue weighted by Gasteiger charge is -2.07. The van der Waals surface area contributed by atoms with Gasteiger partial charge >= 0.3 is 0 Å². The second kappa shape index (κ2) is 6.64. The summed E-state index contributed by atoms with van der Waals surface area (Å²) in [6, 6.07) is 5.42. The van der Waals surface area contributed by atoms with E-state index in [1.807, 2.05) is 0 Å². The first-order valence-corrected chi connectivity index (χ1v) is 7.61. The Morgan fingerprint density at radius 1 is 1.35 bits per heavy atom. The number of hydrogen-bond acceptors (Lipinski definition) is 5. The maximum absolute atomic E-state index is 13.2. The highest BCUT2D eigenvalue weighted by Gasteiger charge is 2.16. The molecule has 0 saturated heterocycles. The number of aliphatic hydroxyl groups excluding tert-OH is 1. The number of nitrogens with zero attached hydrogens (tertiary/aromatic N) is 2. The molecule has 5 nitrogen and oxygen atoms in total. The summed E-state index contributed by atoms with van der Waals surface area (Å²) >= 11 is 1.27. The molecule has 0 fully saturated rings. The number of hydrogen-bond donors (Lipinski definition) is 2. The molecule has 3 aromatic rings. The Labute approximate surface area is 135 Å². The van der Waals surface area contributed by atoms with Gasteiger partial charge in [0, 0.05) is 34.5 Å². The lowest BCUT2D eigenvalue weighted by molar-refractivity contribution is 0.102. The highest BCUT2D eigenvalue weighted by Crippen LogP contribution is 2.34. The Morgan fingerprint density at radius 2 is 2.22 bits per heavy atom. The van der Waals surface area contributed by atoms with Gasteiger partial charge in [0.1, 0.15) is 10.8 Å². The number of rotatable bonds is 4. The van der Waals surface area contributed by atoms with E-state index in [9.17, 15) is 14.3 Å². The van der Waals surface area contributed by atoms with Crippen LogP contribution >= 0.6 is 11.3 Å². The van der Waals surface area contributed by atoms with Gasteiger partial charge in [0.2, 0.25) is 0 Å². The standard InChI is InChI=1S/C16H12FN3O2S/c17-11-3-1-2-10(6-11)15(22)20-16-12(8-21)13(9-23-16)14-7-18-4-5-19-14/h1-7,9,21H,8H2,(H,20,22). The van der Waals surface area contributed by atoms with Crippen molar-refractivity contribution >= 4 is 22.2 Å². The van der Waals surface area contributed by atoms with Crippen molar-refractivity contribution in [1.82, 2.24) is 9.97 Å². The molecule has 3 rings (SSSR count). The second-order valence-electron chi connectivity index (χ2n) is 4.67. The summed E-state index contributed by atoms with van der Waals surface area (Å²) in [5.74, 6) is -0.918. The van der Waals surface area contributed by atoms with Crippen molar-refractivity contribution in [2.75, 3.05) is 5.32 Å². The largest absolute Gasteiger partial charge is 0.392 e. The number of carbonyl (C=O) groups is 1. The molecule has 116 valence electrons. The summed E-state index contributed by atoms with van der Waals surface area (Å²) < 4.78 is 13.2. The van der Waals surface area contributed by atoms with Crippen LogP contribution in [0.3, 0.4) is 0 Å². The molecule has 0 saturated carbocycles. The van der Waals surface area contributed by atoms with Gasteiger partial charge in [-0.25, -0.2) is 4.39 Å². The van der Waals surface area contributed by atoms with Gasteiger partial charge in [0.15, 0.2) is 0 Å². The quantitative estimate of drug-likeness (QED) is 0.771. The van der Waals surface area contributed by atoms with E-state index in [4.69, 9.17) is 0 Å². The maximum Gasteiger partial charge on any atom is 0.256 e. The van der Waals surface area contributed by atoms with Crippen molar-refractivity contribution in [1.29, 1.82) is 0 Å². The van der Waals surface area contributed by atoms with E-state index in [1.165, 1.54) is 29.5 Å². The normalized spacial score (nSPS) is 10.5. The zero-order chi connectivity index (χ0) is 16.2. The fraction of sp³-hybridized carbons (Fsp3) is 0.0625. The minimum Gasteiger partial charge on any atom is -0.392 e. The first-order valence-electron chi connectivity index (χ1n) is 6.73. The SMILES string of the molecule is O=C(Nc1scc(-c2cnccn2)c1CO)c1cccc(F)c1. The molecule has 0 aliphatic rings. The van der Waals surface area contributed by atoms with E-state index < -0.39 is 11.7 Å². The first kappa shape index (κ1) is 15.3. The zero-order valence-electron chi connectivity index (χ0n) is 11.9. The molecule has 0 aliphatic heterocycles. The van der Waals surface area contributed by atoms with Crippen LogP contribution in [0.1, 0.15) is 15.9 Å². The number of anilines is 1. The number of nitrogens with one attached hydrogen (secondary N) is 1. The van der Waals surface area contributed by atoms with E-state index >= 15 is 0 Å². The number of amides is 1. The van der Waals surface area contributed by atoms with Crippen LogP contribution in [0, 0.1) is 5.82 Å². The van der Waals surface area contributed by atoms with Crippen LogP contribution in [0.4, 0.5) is 9.39 Å². The van der Waals surface area contributed by atoms with Gasteiger partial charge in [-0.3, -0.25) is 14.8 Å². The fourth-order valence-corrected chi connectivity index (χ4v) is 3.07. The summed E-state index contributed by atoms with van der Waals surface area (Å²) in [5, 5.41) is 14.6. The minimum atomic E-state index is -0.480. The van der Waals surface area contributed by atoms with Crippen molar-refractivity contribution in [2.24, 2.45) is 0 Å². The monoisotopic (exact) mass is 329 g/mol. The summed E-state index contributed by atoms with van der Waals surface area (Å²) in [5.41, 5.74) is 2.09. The van der Waals surface area contributed by atoms with Crippen molar-refractivity contribution in [3.8, 4) is 11.3 Å². The van der Waals surface area contributed by atoms with Crippen molar-refractivity contribution in [3.05, 3.63) is 65.2 Å². The molecule has 2 heterocycles. The molecular weight excluding hydrogens is 317 g/mol. The lowest BCUT2D eigenvalue weighted by Crippen LogP contribution is -2.12. The molecule has 0 radical (unpaired) electrons. The number of aliphatic hydroxyl groups is 1. The third-order valence-electron chi connectivity index (χ3n) is 3.20. The number of aromatic nitrogens is 2. The topological polar surface area (TPSA) is 75.1 Å². The molecule has 1 aromatic carbocycles. The summed E-state index contributed by atoms with van der Waals surface area (Å²) in [4.78, 5) is 20.4. The van der Waals surface area contributed by atoms with Crippen LogP contribution < -0.4 is 5.32 Å². The highest BCUT2D eigenvalue weighted by atomic mass is 32.1.